The summed E-state index contributed by atoms with van der Waals surface area (Å²) in [6, 6.07) is 4.30. The van der Waals surface area contributed by atoms with Crippen molar-refractivity contribution in [1.29, 1.82) is 0 Å². The average Bonchev–Trinajstić information content (AvgIpc) is 2.23. The number of benzene rings is 1. The first-order valence-electron chi connectivity index (χ1n) is 5.41. The topological polar surface area (TPSA) is 72.2 Å². The van der Waals surface area contributed by atoms with Gasteiger partial charge in [0.2, 0.25) is 10.0 Å². The van der Waals surface area contributed by atoms with Crippen LogP contribution in [0, 0.1) is 12.7 Å². The first-order chi connectivity index (χ1) is 7.94. The third kappa shape index (κ3) is 4.70. The number of hydrogen-bond donors (Lipinski definition) is 2. The number of hydrogen-bond acceptors (Lipinski definition) is 3. The van der Waals surface area contributed by atoms with Gasteiger partial charge in [-0.15, -0.1) is 0 Å². The summed E-state index contributed by atoms with van der Waals surface area (Å²) in [7, 11) is -3.49. The Morgan fingerprint density at radius 2 is 2.06 bits per heavy atom. The van der Waals surface area contributed by atoms with Gasteiger partial charge in [0.25, 0.3) is 0 Å². The summed E-state index contributed by atoms with van der Waals surface area (Å²) in [5.41, 5.74) is 6.07. The molecule has 3 N–H and O–H groups in total. The van der Waals surface area contributed by atoms with Gasteiger partial charge in [-0.1, -0.05) is 6.07 Å². The number of sulfonamides is 1. The van der Waals surface area contributed by atoms with Crippen molar-refractivity contribution in [2.45, 2.75) is 19.8 Å². The highest BCUT2D eigenvalue weighted by molar-refractivity contribution is 7.92. The van der Waals surface area contributed by atoms with E-state index >= 15 is 0 Å². The monoisotopic (exact) mass is 260 g/mol. The van der Waals surface area contributed by atoms with Crippen LogP contribution in [0.3, 0.4) is 0 Å². The van der Waals surface area contributed by atoms with Crippen LogP contribution in [0.2, 0.25) is 0 Å². The molecule has 0 amide bonds. The lowest BCUT2D eigenvalue weighted by Crippen LogP contribution is -2.18. The molecule has 6 heteroatoms. The van der Waals surface area contributed by atoms with E-state index in [2.05, 4.69) is 4.72 Å². The molecule has 0 aliphatic heterocycles. The molecule has 0 spiro atoms. The van der Waals surface area contributed by atoms with E-state index in [4.69, 9.17) is 5.73 Å². The molecule has 0 fully saturated rings. The van der Waals surface area contributed by atoms with Crippen LogP contribution in [-0.2, 0) is 10.0 Å². The largest absolute Gasteiger partial charge is 0.330 e. The van der Waals surface area contributed by atoms with Crippen molar-refractivity contribution in [3.63, 3.8) is 0 Å². The minimum Gasteiger partial charge on any atom is -0.330 e. The predicted molar refractivity (Wildman–Crippen MR) is 66.8 cm³/mol. The number of aryl methyl sites for hydroxylation is 1. The molecule has 17 heavy (non-hydrogen) atoms. The van der Waals surface area contributed by atoms with Gasteiger partial charge in [-0.25, -0.2) is 12.8 Å². The Kier molecular flexibility index (Phi) is 4.89. The highest BCUT2D eigenvalue weighted by Crippen LogP contribution is 2.17. The van der Waals surface area contributed by atoms with E-state index in [0.717, 1.165) is 5.56 Å². The molecule has 1 rings (SSSR count). The number of halogens is 1. The molecule has 0 atom stereocenters. The van der Waals surface area contributed by atoms with Crippen LogP contribution in [-0.4, -0.2) is 20.7 Å². The number of anilines is 1. The maximum atomic E-state index is 13.3. The second kappa shape index (κ2) is 5.97. The summed E-state index contributed by atoms with van der Waals surface area (Å²) in [5.74, 6) is -0.615. The Labute approximate surface area is 101 Å². The van der Waals surface area contributed by atoms with Crippen LogP contribution in [0.15, 0.2) is 18.2 Å². The van der Waals surface area contributed by atoms with Gasteiger partial charge in [-0.3, -0.25) is 4.72 Å². The smallest absolute Gasteiger partial charge is 0.232 e. The minimum atomic E-state index is -3.49. The molecule has 0 aliphatic carbocycles. The Bertz CT molecular complexity index is 474. The quantitative estimate of drug-likeness (QED) is 0.763. The molecular formula is C11H17FN2O2S. The van der Waals surface area contributed by atoms with Gasteiger partial charge < -0.3 is 5.73 Å². The van der Waals surface area contributed by atoms with E-state index < -0.39 is 15.8 Å². The van der Waals surface area contributed by atoms with Crippen molar-refractivity contribution in [3.05, 3.63) is 29.6 Å². The zero-order chi connectivity index (χ0) is 12.9. The van der Waals surface area contributed by atoms with Gasteiger partial charge in [-0.2, -0.15) is 0 Å². The fourth-order valence-electron chi connectivity index (χ4n) is 1.37. The molecule has 0 saturated heterocycles. The fourth-order valence-corrected chi connectivity index (χ4v) is 2.55. The summed E-state index contributed by atoms with van der Waals surface area (Å²) in [4.78, 5) is 0. The van der Waals surface area contributed by atoms with Gasteiger partial charge in [0.1, 0.15) is 5.82 Å². The van der Waals surface area contributed by atoms with E-state index in [1.807, 2.05) is 0 Å². The Balaban J connectivity index is 2.72. The molecule has 4 nitrogen and oxygen atoms in total. The summed E-state index contributed by atoms with van der Waals surface area (Å²) >= 11 is 0. The second-order valence-corrected chi connectivity index (χ2v) is 5.74. The maximum Gasteiger partial charge on any atom is 0.232 e. The van der Waals surface area contributed by atoms with Crippen molar-refractivity contribution in [1.82, 2.24) is 0 Å². The molecule has 1 aromatic carbocycles. The van der Waals surface area contributed by atoms with Crippen molar-refractivity contribution < 1.29 is 12.8 Å². The van der Waals surface area contributed by atoms with Crippen molar-refractivity contribution >= 4 is 15.7 Å². The van der Waals surface area contributed by atoms with E-state index in [0.29, 0.717) is 19.4 Å². The molecule has 0 heterocycles. The fraction of sp³-hybridized carbons (Fsp3) is 0.455. The van der Waals surface area contributed by atoms with Crippen molar-refractivity contribution in [2.75, 3.05) is 17.0 Å². The number of unbranched alkanes of at least 4 members (excludes halogenated alkanes) is 1. The van der Waals surface area contributed by atoms with Gasteiger partial charge in [0.15, 0.2) is 0 Å². The Hall–Kier alpha value is -1.14. The molecule has 0 aliphatic rings. The van der Waals surface area contributed by atoms with Crippen LogP contribution in [0.25, 0.3) is 0 Å². The van der Waals surface area contributed by atoms with Crippen molar-refractivity contribution in [2.24, 2.45) is 5.73 Å². The summed E-state index contributed by atoms with van der Waals surface area (Å²) < 4.78 is 38.8. The maximum absolute atomic E-state index is 13.3. The second-order valence-electron chi connectivity index (χ2n) is 3.90. The van der Waals surface area contributed by atoms with Crippen molar-refractivity contribution in [3.8, 4) is 0 Å². The van der Waals surface area contributed by atoms with Gasteiger partial charge in [0.05, 0.1) is 11.4 Å². The SMILES string of the molecule is Cc1ccc(F)c(NS(=O)(=O)CCCCN)c1. The lowest BCUT2D eigenvalue weighted by atomic mass is 10.2. The first-order valence-corrected chi connectivity index (χ1v) is 7.06. The van der Waals surface area contributed by atoms with E-state index in [1.54, 1.807) is 13.0 Å². The molecule has 96 valence electrons. The van der Waals surface area contributed by atoms with Crippen LogP contribution < -0.4 is 10.5 Å². The van der Waals surface area contributed by atoms with E-state index in [-0.39, 0.29) is 11.4 Å². The highest BCUT2D eigenvalue weighted by Gasteiger charge is 2.12. The average molecular weight is 260 g/mol. The van der Waals surface area contributed by atoms with Gasteiger partial charge in [-0.05, 0) is 44.0 Å². The normalized spacial score (nSPS) is 11.5. The Morgan fingerprint density at radius 1 is 1.35 bits per heavy atom. The van der Waals surface area contributed by atoms with Crippen LogP contribution in [0.4, 0.5) is 10.1 Å². The molecule has 0 unspecified atom stereocenters. The van der Waals surface area contributed by atoms with Gasteiger partial charge >= 0.3 is 0 Å². The molecular weight excluding hydrogens is 243 g/mol. The lowest BCUT2D eigenvalue weighted by molar-refractivity contribution is 0.594. The zero-order valence-electron chi connectivity index (χ0n) is 9.74. The molecule has 0 saturated carbocycles. The van der Waals surface area contributed by atoms with Gasteiger partial charge in [0, 0.05) is 0 Å². The van der Waals surface area contributed by atoms with Crippen LogP contribution in [0.5, 0.6) is 0 Å². The molecule has 0 radical (unpaired) electrons. The minimum absolute atomic E-state index is 0.00208. The predicted octanol–water partition coefficient (Wildman–Crippen LogP) is 1.61. The number of nitrogens with one attached hydrogen (secondary N) is 1. The lowest BCUT2D eigenvalue weighted by Gasteiger charge is -2.09. The summed E-state index contributed by atoms with van der Waals surface area (Å²) in [6.45, 7) is 2.22. The van der Waals surface area contributed by atoms with Crippen LogP contribution in [0.1, 0.15) is 18.4 Å². The standard InChI is InChI=1S/C11H17FN2O2S/c1-9-4-5-10(12)11(8-9)14-17(15,16)7-3-2-6-13/h4-5,8,14H,2-3,6-7,13H2,1H3. The number of rotatable bonds is 6. The van der Waals surface area contributed by atoms with Crippen LogP contribution >= 0.6 is 0 Å². The molecule has 0 bridgehead atoms. The van der Waals surface area contributed by atoms with E-state index in [1.165, 1.54) is 12.1 Å². The zero-order valence-corrected chi connectivity index (χ0v) is 10.6. The summed E-state index contributed by atoms with van der Waals surface area (Å²) in [6.07, 6.45) is 1.11. The Morgan fingerprint density at radius 3 is 2.71 bits per heavy atom. The summed E-state index contributed by atoms with van der Waals surface area (Å²) in [5, 5.41) is 0. The highest BCUT2D eigenvalue weighted by atomic mass is 32.2. The third-order valence-electron chi connectivity index (χ3n) is 2.25. The third-order valence-corrected chi connectivity index (χ3v) is 3.61. The van der Waals surface area contributed by atoms with E-state index in [9.17, 15) is 12.8 Å². The molecule has 1 aromatic rings. The first kappa shape index (κ1) is 13.9. The number of nitrogens with two attached hydrogens (primary N) is 1. The molecule has 0 aromatic heterocycles.